The van der Waals surface area contributed by atoms with E-state index in [0.29, 0.717) is 34.6 Å². The Bertz CT molecular complexity index is 869. The number of aromatic nitrogens is 1. The maximum Gasteiger partial charge on any atom is 0.340 e. The van der Waals surface area contributed by atoms with E-state index >= 15 is 4.39 Å². The third-order valence-corrected chi connectivity index (χ3v) is 5.05. The van der Waals surface area contributed by atoms with Crippen molar-refractivity contribution in [3.05, 3.63) is 34.3 Å². The standard InChI is InChI=1S/C19H22FNO4/c1-9-7-12-13(8-14(23-4)18(24-5)16(12)20)17-15(19(22)25-6)10(2)11(3)21(9)17/h8-9H,7H2,1-6H3. The van der Waals surface area contributed by atoms with Crippen LogP contribution in [0.5, 0.6) is 11.5 Å². The third kappa shape index (κ3) is 2.31. The second kappa shape index (κ2) is 6.10. The molecule has 3 rings (SSSR count). The van der Waals surface area contributed by atoms with Crippen molar-refractivity contribution in [3.63, 3.8) is 0 Å². The van der Waals surface area contributed by atoms with Gasteiger partial charge in [0.15, 0.2) is 17.3 Å². The Morgan fingerprint density at radius 1 is 1.24 bits per heavy atom. The van der Waals surface area contributed by atoms with Crippen molar-refractivity contribution in [1.82, 2.24) is 4.57 Å². The summed E-state index contributed by atoms with van der Waals surface area (Å²) in [5, 5.41) is 0. The molecule has 0 saturated heterocycles. The first-order valence-corrected chi connectivity index (χ1v) is 8.10. The molecule has 1 aliphatic heterocycles. The second-order valence-corrected chi connectivity index (χ2v) is 6.30. The molecular formula is C19H22FNO4. The molecule has 0 N–H and O–H groups in total. The minimum atomic E-state index is -0.442. The molecular weight excluding hydrogens is 325 g/mol. The summed E-state index contributed by atoms with van der Waals surface area (Å²) in [6, 6.07) is 1.74. The van der Waals surface area contributed by atoms with E-state index in [0.717, 1.165) is 11.3 Å². The van der Waals surface area contributed by atoms with E-state index in [4.69, 9.17) is 14.2 Å². The van der Waals surface area contributed by atoms with E-state index < -0.39 is 11.8 Å². The van der Waals surface area contributed by atoms with Crippen molar-refractivity contribution in [3.8, 4) is 22.8 Å². The van der Waals surface area contributed by atoms with Crippen LogP contribution < -0.4 is 9.47 Å². The average Bonchev–Trinajstić information content (AvgIpc) is 2.87. The summed E-state index contributed by atoms with van der Waals surface area (Å²) in [7, 11) is 4.23. The Balaban J connectivity index is 2.42. The molecule has 0 aliphatic carbocycles. The number of nitrogens with zero attached hydrogens (tertiary/aromatic N) is 1. The molecule has 2 heterocycles. The molecule has 0 spiro atoms. The van der Waals surface area contributed by atoms with Gasteiger partial charge >= 0.3 is 5.97 Å². The maximum absolute atomic E-state index is 15.1. The summed E-state index contributed by atoms with van der Waals surface area (Å²) >= 11 is 0. The highest BCUT2D eigenvalue weighted by Crippen LogP contribution is 2.47. The minimum Gasteiger partial charge on any atom is -0.493 e. The summed E-state index contributed by atoms with van der Waals surface area (Å²) in [5.74, 6) is -0.486. The first kappa shape index (κ1) is 17.3. The lowest BCUT2D eigenvalue weighted by atomic mass is 9.91. The van der Waals surface area contributed by atoms with Crippen LogP contribution in [0.3, 0.4) is 0 Å². The summed E-state index contributed by atoms with van der Waals surface area (Å²) in [4.78, 5) is 12.4. The van der Waals surface area contributed by atoms with Crippen molar-refractivity contribution in [2.75, 3.05) is 21.3 Å². The normalized spacial score (nSPS) is 15.4. The first-order valence-electron chi connectivity index (χ1n) is 8.10. The van der Waals surface area contributed by atoms with Crippen molar-refractivity contribution < 1.29 is 23.4 Å². The molecule has 1 unspecified atom stereocenters. The third-order valence-electron chi connectivity index (χ3n) is 5.05. The quantitative estimate of drug-likeness (QED) is 0.792. The number of benzene rings is 1. The number of esters is 1. The lowest BCUT2D eigenvalue weighted by Crippen LogP contribution is -2.20. The van der Waals surface area contributed by atoms with Crippen molar-refractivity contribution in [2.45, 2.75) is 33.2 Å². The Morgan fingerprint density at radius 3 is 2.48 bits per heavy atom. The van der Waals surface area contributed by atoms with Gasteiger partial charge in [0, 0.05) is 22.9 Å². The average molecular weight is 347 g/mol. The number of carbonyl (C=O) groups excluding carboxylic acids is 1. The molecule has 1 aromatic heterocycles. The van der Waals surface area contributed by atoms with Gasteiger partial charge in [-0.25, -0.2) is 9.18 Å². The Labute approximate surface area is 146 Å². The zero-order chi connectivity index (χ0) is 18.5. The fourth-order valence-corrected chi connectivity index (χ4v) is 3.78. The van der Waals surface area contributed by atoms with Gasteiger partial charge in [-0.05, 0) is 38.8 Å². The number of methoxy groups -OCH3 is 3. The maximum atomic E-state index is 15.1. The summed E-state index contributed by atoms with van der Waals surface area (Å²) in [6.45, 7) is 5.86. The van der Waals surface area contributed by atoms with Crippen LogP contribution in [-0.4, -0.2) is 31.9 Å². The number of halogens is 1. The number of fused-ring (bicyclic) bond motifs is 3. The molecule has 5 nitrogen and oxygen atoms in total. The lowest BCUT2D eigenvalue weighted by Gasteiger charge is -2.29. The van der Waals surface area contributed by atoms with Crippen LogP contribution in [0.4, 0.5) is 4.39 Å². The van der Waals surface area contributed by atoms with Crippen molar-refractivity contribution >= 4 is 5.97 Å². The van der Waals surface area contributed by atoms with Crippen molar-refractivity contribution in [2.24, 2.45) is 0 Å². The highest BCUT2D eigenvalue weighted by atomic mass is 19.1. The lowest BCUT2D eigenvalue weighted by molar-refractivity contribution is 0.0600. The Kier molecular flexibility index (Phi) is 4.22. The van der Waals surface area contributed by atoms with Crippen LogP contribution in [0.1, 0.15) is 40.1 Å². The van der Waals surface area contributed by atoms with Crippen molar-refractivity contribution in [1.29, 1.82) is 0 Å². The van der Waals surface area contributed by atoms with E-state index in [9.17, 15) is 4.79 Å². The molecule has 1 atom stereocenters. The van der Waals surface area contributed by atoms with Gasteiger partial charge in [-0.3, -0.25) is 0 Å². The summed E-state index contributed by atoms with van der Waals surface area (Å²) in [5.41, 5.74) is 4.14. The predicted molar refractivity (Wildman–Crippen MR) is 92.2 cm³/mol. The van der Waals surface area contributed by atoms with E-state index in [-0.39, 0.29) is 11.8 Å². The topological polar surface area (TPSA) is 49.7 Å². The number of hydrogen-bond donors (Lipinski definition) is 0. The number of rotatable bonds is 3. The summed E-state index contributed by atoms with van der Waals surface area (Å²) in [6.07, 6.45) is 0.504. The predicted octanol–water partition coefficient (Wildman–Crippen LogP) is 3.83. The molecule has 25 heavy (non-hydrogen) atoms. The van der Waals surface area contributed by atoms with Gasteiger partial charge in [-0.2, -0.15) is 0 Å². The Morgan fingerprint density at radius 2 is 1.92 bits per heavy atom. The fourth-order valence-electron chi connectivity index (χ4n) is 3.78. The van der Waals surface area contributed by atoms with Crippen LogP contribution in [0.2, 0.25) is 0 Å². The second-order valence-electron chi connectivity index (χ2n) is 6.30. The van der Waals surface area contributed by atoms with E-state index in [2.05, 4.69) is 4.57 Å². The zero-order valence-electron chi connectivity index (χ0n) is 15.3. The van der Waals surface area contributed by atoms with Crippen LogP contribution in [0.15, 0.2) is 6.07 Å². The van der Waals surface area contributed by atoms with Gasteiger partial charge in [0.2, 0.25) is 0 Å². The molecule has 134 valence electrons. The molecule has 0 radical (unpaired) electrons. The monoisotopic (exact) mass is 347 g/mol. The van der Waals surface area contributed by atoms with Gasteiger partial charge in [-0.15, -0.1) is 0 Å². The van der Waals surface area contributed by atoms with Crippen LogP contribution >= 0.6 is 0 Å². The van der Waals surface area contributed by atoms with Crippen LogP contribution in [0, 0.1) is 19.7 Å². The molecule has 0 saturated carbocycles. The SMILES string of the molecule is COC(=O)c1c(C)c(C)n2c1-c1cc(OC)c(OC)c(F)c1CC2C. The molecule has 6 heteroatoms. The van der Waals surface area contributed by atoms with Gasteiger partial charge < -0.3 is 18.8 Å². The molecule has 0 fully saturated rings. The van der Waals surface area contributed by atoms with Gasteiger partial charge in [0.05, 0.1) is 32.6 Å². The summed E-state index contributed by atoms with van der Waals surface area (Å²) < 4.78 is 32.6. The van der Waals surface area contributed by atoms with Gasteiger partial charge in [-0.1, -0.05) is 0 Å². The molecule has 0 amide bonds. The van der Waals surface area contributed by atoms with Crippen LogP contribution in [0.25, 0.3) is 11.3 Å². The highest BCUT2D eigenvalue weighted by Gasteiger charge is 2.34. The van der Waals surface area contributed by atoms with Gasteiger partial charge in [0.25, 0.3) is 0 Å². The number of carbonyl (C=O) groups is 1. The fraction of sp³-hybridized carbons (Fsp3) is 0.421. The zero-order valence-corrected chi connectivity index (χ0v) is 15.3. The number of hydrogen-bond acceptors (Lipinski definition) is 4. The number of ether oxygens (including phenoxy) is 3. The van der Waals surface area contributed by atoms with E-state index in [1.165, 1.54) is 21.3 Å². The van der Waals surface area contributed by atoms with Crippen LogP contribution in [-0.2, 0) is 11.2 Å². The minimum absolute atomic E-state index is 0.00667. The first-order chi connectivity index (χ1) is 11.9. The molecule has 1 aromatic carbocycles. The van der Waals surface area contributed by atoms with Gasteiger partial charge in [0.1, 0.15) is 0 Å². The molecule has 0 bridgehead atoms. The highest BCUT2D eigenvalue weighted by molar-refractivity contribution is 5.99. The van der Waals surface area contributed by atoms with E-state index in [1.54, 1.807) is 6.07 Å². The smallest absolute Gasteiger partial charge is 0.340 e. The van der Waals surface area contributed by atoms with E-state index in [1.807, 2.05) is 20.8 Å². The Hall–Kier alpha value is -2.50. The molecule has 2 aromatic rings. The molecule has 1 aliphatic rings. The largest absolute Gasteiger partial charge is 0.493 e.